The van der Waals surface area contributed by atoms with E-state index in [2.05, 4.69) is 39.3 Å². The van der Waals surface area contributed by atoms with Gasteiger partial charge in [-0.25, -0.2) is 0 Å². The molecule has 0 atom stereocenters. The van der Waals surface area contributed by atoms with E-state index in [0.717, 1.165) is 43.2 Å². The molecule has 114 valence electrons. The highest BCUT2D eigenvalue weighted by molar-refractivity contribution is 5.79. The molecular formula is C18H21N3O. The first kappa shape index (κ1) is 14.4. The fourth-order valence-electron chi connectivity index (χ4n) is 2.63. The first-order valence-corrected chi connectivity index (χ1v) is 7.59. The SMILES string of the molecule is COc1ccccc1N1CCN(/N=C\c2ccccc2)CC1. The van der Waals surface area contributed by atoms with Crippen molar-refractivity contribution in [3.8, 4) is 5.75 Å². The van der Waals surface area contributed by atoms with Crippen LogP contribution < -0.4 is 9.64 Å². The minimum Gasteiger partial charge on any atom is -0.495 e. The first-order valence-electron chi connectivity index (χ1n) is 7.59. The summed E-state index contributed by atoms with van der Waals surface area (Å²) in [6, 6.07) is 18.4. The molecule has 3 rings (SSSR count). The van der Waals surface area contributed by atoms with Gasteiger partial charge in [0.15, 0.2) is 0 Å². The number of hydrogen-bond acceptors (Lipinski definition) is 4. The molecule has 0 bridgehead atoms. The molecule has 1 aliphatic heterocycles. The van der Waals surface area contributed by atoms with Crippen LogP contribution in [-0.2, 0) is 0 Å². The van der Waals surface area contributed by atoms with Crippen LogP contribution >= 0.6 is 0 Å². The lowest BCUT2D eigenvalue weighted by molar-refractivity contribution is 0.271. The van der Waals surface area contributed by atoms with Crippen LogP contribution in [0.3, 0.4) is 0 Å². The minimum atomic E-state index is 0.918. The minimum absolute atomic E-state index is 0.918. The van der Waals surface area contributed by atoms with E-state index >= 15 is 0 Å². The van der Waals surface area contributed by atoms with Gasteiger partial charge in [-0.1, -0.05) is 42.5 Å². The van der Waals surface area contributed by atoms with Crippen molar-refractivity contribution in [2.24, 2.45) is 5.10 Å². The Bertz CT molecular complexity index is 619. The van der Waals surface area contributed by atoms with Crippen LogP contribution in [0.1, 0.15) is 5.56 Å². The van der Waals surface area contributed by atoms with Crippen molar-refractivity contribution in [2.75, 3.05) is 38.2 Å². The molecule has 0 unspecified atom stereocenters. The van der Waals surface area contributed by atoms with E-state index < -0.39 is 0 Å². The summed E-state index contributed by atoms with van der Waals surface area (Å²) in [4.78, 5) is 2.35. The zero-order valence-corrected chi connectivity index (χ0v) is 12.9. The van der Waals surface area contributed by atoms with Gasteiger partial charge in [-0.05, 0) is 17.7 Å². The summed E-state index contributed by atoms with van der Waals surface area (Å²) >= 11 is 0. The van der Waals surface area contributed by atoms with Gasteiger partial charge in [0, 0.05) is 13.1 Å². The molecule has 0 radical (unpaired) electrons. The predicted octanol–water partition coefficient (Wildman–Crippen LogP) is 2.85. The highest BCUT2D eigenvalue weighted by Crippen LogP contribution is 2.28. The van der Waals surface area contributed by atoms with Crippen LogP contribution in [0.5, 0.6) is 5.75 Å². The highest BCUT2D eigenvalue weighted by atomic mass is 16.5. The van der Waals surface area contributed by atoms with Crippen LogP contribution in [-0.4, -0.2) is 44.5 Å². The van der Waals surface area contributed by atoms with E-state index in [1.54, 1.807) is 7.11 Å². The van der Waals surface area contributed by atoms with E-state index in [4.69, 9.17) is 4.74 Å². The third-order valence-electron chi connectivity index (χ3n) is 3.85. The van der Waals surface area contributed by atoms with Crippen molar-refractivity contribution >= 4 is 11.9 Å². The van der Waals surface area contributed by atoms with Crippen molar-refractivity contribution in [1.29, 1.82) is 0 Å². The Hall–Kier alpha value is -2.49. The molecular weight excluding hydrogens is 274 g/mol. The van der Waals surface area contributed by atoms with Crippen molar-refractivity contribution in [2.45, 2.75) is 0 Å². The summed E-state index contributed by atoms with van der Waals surface area (Å²) in [7, 11) is 1.72. The summed E-state index contributed by atoms with van der Waals surface area (Å²) in [5.41, 5.74) is 2.30. The van der Waals surface area contributed by atoms with Gasteiger partial charge in [-0.2, -0.15) is 5.10 Å². The molecule has 4 nitrogen and oxygen atoms in total. The second-order valence-electron chi connectivity index (χ2n) is 5.27. The number of anilines is 1. The van der Waals surface area contributed by atoms with Gasteiger partial charge >= 0.3 is 0 Å². The van der Waals surface area contributed by atoms with Crippen molar-refractivity contribution < 1.29 is 4.74 Å². The van der Waals surface area contributed by atoms with Crippen LogP contribution in [0.2, 0.25) is 0 Å². The van der Waals surface area contributed by atoms with Crippen LogP contribution in [0.15, 0.2) is 59.7 Å². The van der Waals surface area contributed by atoms with E-state index in [0.29, 0.717) is 0 Å². The molecule has 1 saturated heterocycles. The Morgan fingerprint density at radius 3 is 2.32 bits per heavy atom. The number of methoxy groups -OCH3 is 1. The third-order valence-corrected chi connectivity index (χ3v) is 3.85. The zero-order chi connectivity index (χ0) is 15.2. The van der Waals surface area contributed by atoms with Gasteiger partial charge in [0.25, 0.3) is 0 Å². The lowest BCUT2D eigenvalue weighted by atomic mass is 10.2. The summed E-state index contributed by atoms with van der Waals surface area (Å²) in [6.07, 6.45) is 1.93. The average Bonchev–Trinajstić information content (AvgIpc) is 2.61. The van der Waals surface area contributed by atoms with Gasteiger partial charge in [-0.3, -0.25) is 5.01 Å². The molecule has 4 heteroatoms. The van der Waals surface area contributed by atoms with E-state index in [9.17, 15) is 0 Å². The largest absolute Gasteiger partial charge is 0.495 e. The predicted molar refractivity (Wildman–Crippen MR) is 90.8 cm³/mol. The standard InChI is InChI=1S/C18H21N3O/c1-22-18-10-6-5-9-17(18)20-11-13-21(14-12-20)19-15-16-7-3-2-4-8-16/h2-10,15H,11-14H2,1H3/b19-15-. The third kappa shape index (κ3) is 3.39. The normalized spacial score (nSPS) is 15.3. The number of rotatable bonds is 4. The van der Waals surface area contributed by atoms with Crippen LogP contribution in [0.25, 0.3) is 0 Å². The fraction of sp³-hybridized carbons (Fsp3) is 0.278. The maximum Gasteiger partial charge on any atom is 0.142 e. The Morgan fingerprint density at radius 2 is 1.59 bits per heavy atom. The maximum absolute atomic E-state index is 5.45. The molecule has 2 aromatic rings. The van der Waals surface area contributed by atoms with Crippen LogP contribution in [0, 0.1) is 0 Å². The first-order chi connectivity index (χ1) is 10.9. The van der Waals surface area contributed by atoms with E-state index in [-0.39, 0.29) is 0 Å². The molecule has 0 amide bonds. The Kier molecular flexibility index (Phi) is 4.59. The number of ether oxygens (including phenoxy) is 1. The Labute approximate surface area is 131 Å². The summed E-state index contributed by atoms with van der Waals surface area (Å²) < 4.78 is 5.45. The second kappa shape index (κ2) is 6.98. The van der Waals surface area contributed by atoms with Gasteiger partial charge < -0.3 is 9.64 Å². The summed E-state index contributed by atoms with van der Waals surface area (Å²) in [6.45, 7) is 3.74. The monoisotopic (exact) mass is 295 g/mol. The van der Waals surface area contributed by atoms with Gasteiger partial charge in [0.05, 0.1) is 32.1 Å². The Morgan fingerprint density at radius 1 is 0.909 bits per heavy atom. The van der Waals surface area contributed by atoms with E-state index in [1.165, 1.54) is 0 Å². The number of hydrogen-bond donors (Lipinski definition) is 0. The molecule has 0 N–H and O–H groups in total. The van der Waals surface area contributed by atoms with Crippen LogP contribution in [0.4, 0.5) is 5.69 Å². The lowest BCUT2D eigenvalue weighted by Gasteiger charge is -2.35. The van der Waals surface area contributed by atoms with Gasteiger partial charge in [0.2, 0.25) is 0 Å². The second-order valence-corrected chi connectivity index (χ2v) is 5.27. The molecule has 0 spiro atoms. The molecule has 22 heavy (non-hydrogen) atoms. The van der Waals surface area contributed by atoms with Crippen molar-refractivity contribution in [3.63, 3.8) is 0 Å². The molecule has 0 aromatic heterocycles. The molecule has 0 saturated carbocycles. The zero-order valence-electron chi connectivity index (χ0n) is 12.9. The maximum atomic E-state index is 5.45. The molecule has 1 aliphatic rings. The fourth-order valence-corrected chi connectivity index (χ4v) is 2.63. The number of piperazine rings is 1. The number of benzene rings is 2. The topological polar surface area (TPSA) is 28.1 Å². The highest BCUT2D eigenvalue weighted by Gasteiger charge is 2.18. The van der Waals surface area contributed by atoms with E-state index in [1.807, 2.05) is 36.5 Å². The quantitative estimate of drug-likeness (QED) is 0.812. The molecule has 0 aliphatic carbocycles. The van der Waals surface area contributed by atoms with Gasteiger partial charge in [-0.15, -0.1) is 0 Å². The van der Waals surface area contributed by atoms with Crippen molar-refractivity contribution in [3.05, 3.63) is 60.2 Å². The molecule has 1 heterocycles. The lowest BCUT2D eigenvalue weighted by Crippen LogP contribution is -2.44. The molecule has 2 aromatic carbocycles. The number of hydrazone groups is 1. The van der Waals surface area contributed by atoms with Gasteiger partial charge in [0.1, 0.15) is 5.75 Å². The van der Waals surface area contributed by atoms with Crippen molar-refractivity contribution in [1.82, 2.24) is 5.01 Å². The summed E-state index contributed by atoms with van der Waals surface area (Å²) in [5.74, 6) is 0.934. The molecule has 1 fully saturated rings. The summed E-state index contributed by atoms with van der Waals surface area (Å²) in [5, 5.41) is 6.70. The average molecular weight is 295 g/mol. The number of para-hydroxylation sites is 2. The smallest absolute Gasteiger partial charge is 0.142 e. The number of nitrogens with zero attached hydrogens (tertiary/aromatic N) is 3. The Balaban J connectivity index is 1.60.